The van der Waals surface area contributed by atoms with Gasteiger partial charge in [0, 0.05) is 0 Å². The summed E-state index contributed by atoms with van der Waals surface area (Å²) in [4.78, 5) is 0. The van der Waals surface area contributed by atoms with Crippen molar-refractivity contribution in [3.8, 4) is 0 Å². The lowest BCUT2D eigenvalue weighted by atomic mass is 10.1. The molecule has 1 heteroatoms. The van der Waals surface area contributed by atoms with Crippen LogP contribution >= 0.6 is 8.58 Å². The molecular formula is C16H32P. The molecule has 0 unspecified atom stereocenters. The van der Waals surface area contributed by atoms with Crippen LogP contribution in [-0.4, -0.2) is 6.16 Å². The van der Waals surface area contributed by atoms with Gasteiger partial charge in [-0.1, -0.05) is 92.1 Å². The van der Waals surface area contributed by atoms with Crippen LogP contribution in [0.15, 0.2) is 11.9 Å². The molecular weight excluding hydrogens is 223 g/mol. The lowest BCUT2D eigenvalue weighted by molar-refractivity contribution is 0.563. The lowest BCUT2D eigenvalue weighted by Gasteiger charge is -2.01. The maximum absolute atomic E-state index is 2.31. The van der Waals surface area contributed by atoms with Crippen molar-refractivity contribution >= 4 is 8.58 Å². The molecule has 101 valence electrons. The Morgan fingerprint density at radius 2 is 1.24 bits per heavy atom. The van der Waals surface area contributed by atoms with Crippen molar-refractivity contribution < 1.29 is 0 Å². The topological polar surface area (TPSA) is 0 Å². The Morgan fingerprint density at radius 3 is 1.76 bits per heavy atom. The molecule has 0 saturated carbocycles. The number of allylic oxidation sites excluding steroid dienone is 1. The fraction of sp³-hybridized carbons (Fsp3) is 0.875. The zero-order valence-electron chi connectivity index (χ0n) is 12.1. The van der Waals surface area contributed by atoms with Gasteiger partial charge in [0.15, 0.2) is 0 Å². The van der Waals surface area contributed by atoms with Gasteiger partial charge in [-0.2, -0.15) is 0 Å². The van der Waals surface area contributed by atoms with Gasteiger partial charge in [0.2, 0.25) is 0 Å². The molecule has 0 amide bonds. The molecule has 0 aliphatic heterocycles. The smallest absolute Gasteiger partial charge is 0.0250 e. The van der Waals surface area contributed by atoms with E-state index in [0.717, 1.165) is 0 Å². The fourth-order valence-electron chi connectivity index (χ4n) is 1.95. The Balaban J connectivity index is 2.91. The molecule has 0 heterocycles. The molecule has 0 aromatic rings. The van der Waals surface area contributed by atoms with Crippen LogP contribution < -0.4 is 0 Å². The van der Waals surface area contributed by atoms with Crippen molar-refractivity contribution in [1.29, 1.82) is 0 Å². The van der Waals surface area contributed by atoms with Crippen molar-refractivity contribution in [2.45, 2.75) is 84.5 Å². The van der Waals surface area contributed by atoms with Crippen LogP contribution in [0.3, 0.4) is 0 Å². The second kappa shape index (κ2) is 16.2. The van der Waals surface area contributed by atoms with Gasteiger partial charge < -0.3 is 0 Å². The molecule has 0 aliphatic carbocycles. The summed E-state index contributed by atoms with van der Waals surface area (Å²) in [6.07, 6.45) is 19.3. The standard InChI is InChI=1S/C16H32P/c1-3-5-7-8-9-10-11-12-13-14-16-17-15-6-4-2/h6,15H,3-5,7-14,16H2,1-2H3. The maximum Gasteiger partial charge on any atom is -0.0250 e. The van der Waals surface area contributed by atoms with E-state index in [0.29, 0.717) is 0 Å². The highest BCUT2D eigenvalue weighted by Gasteiger charge is 1.92. The first-order valence-electron chi connectivity index (χ1n) is 7.73. The quantitative estimate of drug-likeness (QED) is 0.251. The van der Waals surface area contributed by atoms with E-state index in [1.165, 1.54) is 85.4 Å². The molecule has 17 heavy (non-hydrogen) atoms. The zero-order valence-corrected chi connectivity index (χ0v) is 13.0. The molecule has 0 saturated heterocycles. The first-order chi connectivity index (χ1) is 8.41. The van der Waals surface area contributed by atoms with E-state index >= 15 is 0 Å². The molecule has 0 N–H and O–H groups in total. The van der Waals surface area contributed by atoms with Gasteiger partial charge in [0.1, 0.15) is 0 Å². The SMILES string of the molecule is CCC=C[P]CCCCCCCCCCCC. The second-order valence-corrected chi connectivity index (χ2v) is 5.99. The van der Waals surface area contributed by atoms with Crippen molar-refractivity contribution in [3.63, 3.8) is 0 Å². The molecule has 0 spiro atoms. The minimum Gasteiger partial charge on any atom is -0.0840 e. The van der Waals surface area contributed by atoms with Crippen LogP contribution in [0.5, 0.6) is 0 Å². The molecule has 0 atom stereocenters. The van der Waals surface area contributed by atoms with Gasteiger partial charge in [-0.15, -0.1) is 0 Å². The third kappa shape index (κ3) is 16.2. The maximum atomic E-state index is 2.31. The molecule has 0 nitrogen and oxygen atoms in total. The number of rotatable bonds is 13. The summed E-state index contributed by atoms with van der Waals surface area (Å²) in [7, 11) is 1.52. The minimum absolute atomic E-state index is 1.19. The number of hydrogen-bond acceptors (Lipinski definition) is 0. The average Bonchev–Trinajstić information content (AvgIpc) is 2.35. The van der Waals surface area contributed by atoms with Gasteiger partial charge in [-0.05, 0) is 19.0 Å². The third-order valence-corrected chi connectivity index (χ3v) is 4.08. The van der Waals surface area contributed by atoms with Crippen LogP contribution in [0.2, 0.25) is 0 Å². The Hall–Kier alpha value is 0.170. The predicted molar refractivity (Wildman–Crippen MR) is 83.1 cm³/mol. The summed E-state index contributed by atoms with van der Waals surface area (Å²) >= 11 is 0. The normalized spacial score (nSPS) is 12.1. The Labute approximate surface area is 111 Å². The third-order valence-electron chi connectivity index (χ3n) is 3.09. The van der Waals surface area contributed by atoms with Crippen LogP contribution in [-0.2, 0) is 0 Å². The summed E-state index contributed by atoms with van der Waals surface area (Å²) in [6.45, 7) is 4.49. The summed E-state index contributed by atoms with van der Waals surface area (Å²) in [5.41, 5.74) is 0. The highest BCUT2D eigenvalue weighted by molar-refractivity contribution is 7.41. The Bertz CT molecular complexity index is 152. The van der Waals surface area contributed by atoms with Gasteiger partial charge >= 0.3 is 0 Å². The predicted octanol–water partition coefficient (Wildman–Crippen LogP) is 6.78. The van der Waals surface area contributed by atoms with E-state index in [-0.39, 0.29) is 0 Å². The molecule has 0 rings (SSSR count). The summed E-state index contributed by atoms with van der Waals surface area (Å²) in [6, 6.07) is 0. The zero-order chi connectivity index (χ0) is 12.6. The number of hydrogen-bond donors (Lipinski definition) is 0. The van der Waals surface area contributed by atoms with Gasteiger partial charge in [-0.3, -0.25) is 0 Å². The second-order valence-electron chi connectivity index (χ2n) is 4.88. The van der Waals surface area contributed by atoms with E-state index in [4.69, 9.17) is 0 Å². The Kier molecular flexibility index (Phi) is 16.3. The molecule has 0 aliphatic rings. The van der Waals surface area contributed by atoms with Gasteiger partial charge in [0.25, 0.3) is 0 Å². The monoisotopic (exact) mass is 255 g/mol. The fourth-order valence-corrected chi connectivity index (χ4v) is 2.86. The average molecular weight is 255 g/mol. The highest BCUT2D eigenvalue weighted by Crippen LogP contribution is 2.16. The van der Waals surface area contributed by atoms with E-state index in [1.807, 2.05) is 0 Å². The van der Waals surface area contributed by atoms with E-state index < -0.39 is 0 Å². The van der Waals surface area contributed by atoms with Crippen LogP contribution in [0, 0.1) is 0 Å². The molecule has 0 aromatic carbocycles. The van der Waals surface area contributed by atoms with Crippen LogP contribution in [0.1, 0.15) is 84.5 Å². The lowest BCUT2D eigenvalue weighted by Crippen LogP contribution is -1.82. The van der Waals surface area contributed by atoms with Crippen LogP contribution in [0.4, 0.5) is 0 Å². The van der Waals surface area contributed by atoms with Crippen molar-refractivity contribution in [2.24, 2.45) is 0 Å². The Morgan fingerprint density at radius 1 is 0.706 bits per heavy atom. The molecule has 0 bridgehead atoms. The van der Waals surface area contributed by atoms with Gasteiger partial charge in [-0.25, -0.2) is 0 Å². The van der Waals surface area contributed by atoms with E-state index in [9.17, 15) is 0 Å². The van der Waals surface area contributed by atoms with Crippen molar-refractivity contribution in [3.05, 3.63) is 11.9 Å². The summed E-state index contributed by atoms with van der Waals surface area (Å²) in [5, 5.41) is 0. The highest BCUT2D eigenvalue weighted by atomic mass is 31.1. The van der Waals surface area contributed by atoms with Crippen molar-refractivity contribution in [1.82, 2.24) is 0 Å². The largest absolute Gasteiger partial charge is 0.0840 e. The first-order valence-corrected chi connectivity index (χ1v) is 8.88. The van der Waals surface area contributed by atoms with E-state index in [2.05, 4.69) is 25.7 Å². The van der Waals surface area contributed by atoms with Crippen molar-refractivity contribution in [2.75, 3.05) is 6.16 Å². The number of unbranched alkanes of at least 4 members (excludes halogenated alkanes) is 9. The van der Waals surface area contributed by atoms with Gasteiger partial charge in [0.05, 0.1) is 0 Å². The summed E-state index contributed by atoms with van der Waals surface area (Å²) in [5.74, 6) is 2.31. The molecule has 1 radical (unpaired) electrons. The minimum atomic E-state index is 1.19. The first kappa shape index (κ1) is 17.2. The summed E-state index contributed by atoms with van der Waals surface area (Å²) < 4.78 is 0. The molecule has 0 fully saturated rings. The molecule has 0 aromatic heterocycles. The van der Waals surface area contributed by atoms with E-state index in [1.54, 1.807) is 0 Å². The van der Waals surface area contributed by atoms with Crippen LogP contribution in [0.25, 0.3) is 0 Å².